The van der Waals surface area contributed by atoms with Gasteiger partial charge in [-0.1, -0.05) is 60.2 Å². The lowest BCUT2D eigenvalue weighted by molar-refractivity contribution is -0.127. The number of hydrogen-bond acceptors (Lipinski definition) is 2. The summed E-state index contributed by atoms with van der Waals surface area (Å²) >= 11 is 0. The van der Waals surface area contributed by atoms with E-state index in [0.717, 1.165) is 16.3 Å². The maximum Gasteiger partial charge on any atom is 0.261 e. The Bertz CT molecular complexity index is 840. The molecule has 0 aromatic heterocycles. The molecule has 3 nitrogen and oxygen atoms in total. The van der Waals surface area contributed by atoms with Gasteiger partial charge in [-0.2, -0.15) is 0 Å². The summed E-state index contributed by atoms with van der Waals surface area (Å²) in [6.07, 6.45) is -0.545. The minimum atomic E-state index is -0.545. The fraction of sp³-hybridized carbons (Fsp3) is 0.190. The van der Waals surface area contributed by atoms with E-state index in [-0.39, 0.29) is 5.91 Å². The first-order chi connectivity index (χ1) is 11.6. The Balaban J connectivity index is 1.59. The molecule has 0 bridgehead atoms. The number of benzene rings is 3. The first-order valence-corrected chi connectivity index (χ1v) is 8.10. The topological polar surface area (TPSA) is 38.3 Å². The summed E-state index contributed by atoms with van der Waals surface area (Å²) < 4.78 is 5.78. The SMILES string of the molecule is Cc1ccc(CNC(=O)[C@H](C)Oc2ccc3ccccc3c2)cc1. The number of rotatable bonds is 5. The molecule has 0 unspecified atom stereocenters. The average Bonchev–Trinajstić information content (AvgIpc) is 2.61. The van der Waals surface area contributed by atoms with Gasteiger partial charge in [0.15, 0.2) is 6.10 Å². The Morgan fingerprint density at radius 3 is 2.46 bits per heavy atom. The number of carbonyl (C=O) groups excluding carboxylic acids is 1. The summed E-state index contributed by atoms with van der Waals surface area (Å²) in [7, 11) is 0. The molecule has 3 rings (SSSR count). The standard InChI is InChI=1S/C21H21NO2/c1-15-7-9-17(10-8-15)14-22-21(23)16(2)24-20-12-11-18-5-3-4-6-19(18)13-20/h3-13,16H,14H2,1-2H3,(H,22,23)/t16-/m0/s1. The lowest BCUT2D eigenvalue weighted by atomic mass is 10.1. The molecule has 0 aliphatic heterocycles. The van der Waals surface area contributed by atoms with Gasteiger partial charge < -0.3 is 10.1 Å². The van der Waals surface area contributed by atoms with E-state index >= 15 is 0 Å². The fourth-order valence-electron chi connectivity index (χ4n) is 2.54. The highest BCUT2D eigenvalue weighted by molar-refractivity contribution is 5.84. The molecule has 1 N–H and O–H groups in total. The average molecular weight is 319 g/mol. The number of amides is 1. The molecule has 3 heteroatoms. The first-order valence-electron chi connectivity index (χ1n) is 8.10. The molecular formula is C21H21NO2. The number of fused-ring (bicyclic) bond motifs is 1. The summed E-state index contributed by atoms with van der Waals surface area (Å²) in [5.41, 5.74) is 2.28. The zero-order valence-corrected chi connectivity index (χ0v) is 14.0. The monoisotopic (exact) mass is 319 g/mol. The van der Waals surface area contributed by atoms with Crippen LogP contribution in [0.25, 0.3) is 10.8 Å². The first kappa shape index (κ1) is 16.1. The van der Waals surface area contributed by atoms with Crippen LogP contribution >= 0.6 is 0 Å². The lowest BCUT2D eigenvalue weighted by Crippen LogP contribution is -2.35. The molecule has 0 radical (unpaired) electrons. The van der Waals surface area contributed by atoms with Crippen LogP contribution < -0.4 is 10.1 Å². The highest BCUT2D eigenvalue weighted by Gasteiger charge is 2.14. The van der Waals surface area contributed by atoms with E-state index in [9.17, 15) is 4.79 Å². The molecule has 0 aliphatic carbocycles. The summed E-state index contributed by atoms with van der Waals surface area (Å²) in [5.74, 6) is 0.579. The summed E-state index contributed by atoms with van der Waals surface area (Å²) in [6.45, 7) is 4.31. The van der Waals surface area contributed by atoms with Gasteiger partial charge in [0.05, 0.1) is 0 Å². The van der Waals surface area contributed by atoms with Crippen LogP contribution in [0.15, 0.2) is 66.7 Å². The fourth-order valence-corrected chi connectivity index (χ4v) is 2.54. The molecule has 0 saturated heterocycles. The Morgan fingerprint density at radius 1 is 1.00 bits per heavy atom. The zero-order valence-electron chi connectivity index (χ0n) is 14.0. The quantitative estimate of drug-likeness (QED) is 0.764. The van der Waals surface area contributed by atoms with E-state index in [1.807, 2.05) is 67.6 Å². The lowest BCUT2D eigenvalue weighted by Gasteiger charge is -2.15. The zero-order chi connectivity index (χ0) is 16.9. The molecule has 0 saturated carbocycles. The molecule has 0 heterocycles. The van der Waals surface area contributed by atoms with Crippen molar-refractivity contribution < 1.29 is 9.53 Å². The molecule has 3 aromatic rings. The molecular weight excluding hydrogens is 298 g/mol. The van der Waals surface area contributed by atoms with Crippen molar-refractivity contribution in [1.82, 2.24) is 5.32 Å². The molecule has 1 amide bonds. The number of aryl methyl sites for hydroxylation is 1. The van der Waals surface area contributed by atoms with Gasteiger partial charge >= 0.3 is 0 Å². The molecule has 122 valence electrons. The predicted molar refractivity (Wildman–Crippen MR) is 97.1 cm³/mol. The second-order valence-electron chi connectivity index (χ2n) is 5.97. The normalized spacial score (nSPS) is 11.9. The van der Waals surface area contributed by atoms with Gasteiger partial charge in [-0.05, 0) is 42.3 Å². The van der Waals surface area contributed by atoms with Crippen LogP contribution in [0.2, 0.25) is 0 Å². The van der Waals surface area contributed by atoms with Gasteiger partial charge in [0.1, 0.15) is 5.75 Å². The van der Waals surface area contributed by atoms with Crippen LogP contribution in [0.5, 0.6) is 5.75 Å². The Labute approximate surface area is 142 Å². The highest BCUT2D eigenvalue weighted by atomic mass is 16.5. The third-order valence-electron chi connectivity index (χ3n) is 3.99. The van der Waals surface area contributed by atoms with Crippen molar-refractivity contribution in [2.24, 2.45) is 0 Å². The van der Waals surface area contributed by atoms with Crippen LogP contribution in [0.1, 0.15) is 18.1 Å². The number of ether oxygens (including phenoxy) is 1. The number of carbonyl (C=O) groups is 1. The molecule has 1 atom stereocenters. The summed E-state index contributed by atoms with van der Waals surface area (Å²) in [4.78, 5) is 12.2. The van der Waals surface area contributed by atoms with Crippen LogP contribution in [0, 0.1) is 6.92 Å². The van der Waals surface area contributed by atoms with Crippen molar-refractivity contribution in [1.29, 1.82) is 0 Å². The predicted octanol–water partition coefficient (Wildman–Crippen LogP) is 4.23. The van der Waals surface area contributed by atoms with E-state index in [1.54, 1.807) is 6.92 Å². The number of nitrogens with one attached hydrogen (secondary N) is 1. The molecule has 3 aromatic carbocycles. The second-order valence-corrected chi connectivity index (χ2v) is 5.97. The van der Waals surface area contributed by atoms with Crippen molar-refractivity contribution in [2.75, 3.05) is 0 Å². The van der Waals surface area contributed by atoms with E-state index in [1.165, 1.54) is 5.56 Å². The van der Waals surface area contributed by atoms with Crippen molar-refractivity contribution in [3.63, 3.8) is 0 Å². The van der Waals surface area contributed by atoms with E-state index in [2.05, 4.69) is 11.4 Å². The van der Waals surface area contributed by atoms with E-state index in [0.29, 0.717) is 12.3 Å². The summed E-state index contributed by atoms with van der Waals surface area (Å²) in [6, 6.07) is 22.0. The maximum absolute atomic E-state index is 12.2. The van der Waals surface area contributed by atoms with E-state index in [4.69, 9.17) is 4.74 Å². The van der Waals surface area contributed by atoms with Gasteiger partial charge in [0, 0.05) is 6.54 Å². The van der Waals surface area contributed by atoms with Crippen molar-refractivity contribution in [2.45, 2.75) is 26.5 Å². The van der Waals surface area contributed by atoms with Crippen molar-refractivity contribution >= 4 is 16.7 Å². The van der Waals surface area contributed by atoms with E-state index < -0.39 is 6.10 Å². The molecule has 0 spiro atoms. The van der Waals surface area contributed by atoms with Gasteiger partial charge in [-0.15, -0.1) is 0 Å². The third-order valence-corrected chi connectivity index (χ3v) is 3.99. The summed E-state index contributed by atoms with van der Waals surface area (Å²) in [5, 5.41) is 5.16. The van der Waals surface area contributed by atoms with Crippen LogP contribution in [-0.4, -0.2) is 12.0 Å². The Kier molecular flexibility index (Phi) is 4.80. The van der Waals surface area contributed by atoms with Gasteiger partial charge in [-0.3, -0.25) is 4.79 Å². The minimum Gasteiger partial charge on any atom is -0.481 e. The number of hydrogen-bond donors (Lipinski definition) is 1. The van der Waals surface area contributed by atoms with Gasteiger partial charge in [-0.25, -0.2) is 0 Å². The highest BCUT2D eigenvalue weighted by Crippen LogP contribution is 2.21. The third kappa shape index (κ3) is 3.93. The van der Waals surface area contributed by atoms with Crippen LogP contribution in [0.3, 0.4) is 0 Å². The Hall–Kier alpha value is -2.81. The van der Waals surface area contributed by atoms with Gasteiger partial charge in [0.25, 0.3) is 5.91 Å². The molecule has 0 aliphatic rings. The Morgan fingerprint density at radius 2 is 1.71 bits per heavy atom. The van der Waals surface area contributed by atoms with Gasteiger partial charge in [0.2, 0.25) is 0 Å². The minimum absolute atomic E-state index is 0.122. The smallest absolute Gasteiger partial charge is 0.261 e. The second kappa shape index (κ2) is 7.18. The molecule has 0 fully saturated rings. The van der Waals surface area contributed by atoms with Crippen LogP contribution in [-0.2, 0) is 11.3 Å². The largest absolute Gasteiger partial charge is 0.481 e. The van der Waals surface area contributed by atoms with Crippen molar-refractivity contribution in [3.05, 3.63) is 77.9 Å². The van der Waals surface area contributed by atoms with Crippen LogP contribution in [0.4, 0.5) is 0 Å². The van der Waals surface area contributed by atoms with Crippen molar-refractivity contribution in [3.8, 4) is 5.75 Å². The molecule has 24 heavy (non-hydrogen) atoms. The maximum atomic E-state index is 12.2.